The van der Waals surface area contributed by atoms with E-state index in [1.807, 2.05) is 11.3 Å². The number of hydrogen-bond donors (Lipinski definition) is 0. The van der Waals surface area contributed by atoms with Crippen LogP contribution in [0.4, 0.5) is 5.00 Å². The molecule has 2 heteroatoms. The van der Waals surface area contributed by atoms with E-state index in [0.717, 1.165) is 6.04 Å². The van der Waals surface area contributed by atoms with Gasteiger partial charge < -0.3 is 4.90 Å². The van der Waals surface area contributed by atoms with Gasteiger partial charge in [-0.3, -0.25) is 0 Å². The normalized spacial score (nSPS) is 19.6. The van der Waals surface area contributed by atoms with Crippen LogP contribution in [0.15, 0.2) is 17.5 Å². The first kappa shape index (κ1) is 12.0. The maximum absolute atomic E-state index is 2.68. The van der Waals surface area contributed by atoms with Crippen LogP contribution in [-0.2, 0) is 0 Å². The van der Waals surface area contributed by atoms with Gasteiger partial charge in [-0.05, 0) is 43.7 Å². The summed E-state index contributed by atoms with van der Waals surface area (Å²) >= 11 is 1.89. The molecule has 1 aromatic heterocycles. The molecule has 0 aliphatic heterocycles. The van der Waals surface area contributed by atoms with Crippen molar-refractivity contribution in [1.82, 2.24) is 0 Å². The lowest BCUT2D eigenvalue weighted by Gasteiger charge is -2.39. The summed E-state index contributed by atoms with van der Waals surface area (Å²) < 4.78 is 0. The average Bonchev–Trinajstić information content (AvgIpc) is 2.84. The molecule has 1 aromatic rings. The summed E-state index contributed by atoms with van der Waals surface area (Å²) in [6, 6.07) is 5.94. The van der Waals surface area contributed by atoms with Crippen molar-refractivity contribution in [2.75, 3.05) is 4.90 Å². The Morgan fingerprint density at radius 2 is 2.12 bits per heavy atom. The topological polar surface area (TPSA) is 3.24 Å². The highest BCUT2D eigenvalue weighted by atomic mass is 32.1. The second-order valence-corrected chi connectivity index (χ2v) is 5.83. The Hall–Kier alpha value is -0.500. The highest BCUT2D eigenvalue weighted by Gasteiger charge is 2.25. The van der Waals surface area contributed by atoms with E-state index in [0.29, 0.717) is 6.04 Å². The summed E-state index contributed by atoms with van der Waals surface area (Å²) in [5.41, 5.74) is 0. The lowest BCUT2D eigenvalue weighted by molar-refractivity contribution is 0.391. The van der Waals surface area contributed by atoms with Gasteiger partial charge in [-0.1, -0.05) is 26.2 Å². The summed E-state index contributed by atoms with van der Waals surface area (Å²) in [6.45, 7) is 4.67. The standard InChI is InChI=1S/C14H23NS/c1-3-12(2)15(14-10-7-11-16-14)13-8-5-4-6-9-13/h7,10-13H,3-6,8-9H2,1-2H3. The van der Waals surface area contributed by atoms with Gasteiger partial charge in [0.15, 0.2) is 0 Å². The number of nitrogens with zero attached hydrogens (tertiary/aromatic N) is 1. The average molecular weight is 237 g/mol. The Bertz CT molecular complexity index is 288. The van der Waals surface area contributed by atoms with E-state index in [2.05, 4.69) is 36.3 Å². The number of rotatable bonds is 4. The predicted octanol–water partition coefficient (Wildman–Crippen LogP) is 4.69. The molecule has 1 atom stereocenters. The molecule has 0 saturated heterocycles. The van der Waals surface area contributed by atoms with Gasteiger partial charge in [0.2, 0.25) is 0 Å². The molecule has 0 N–H and O–H groups in total. The molecular weight excluding hydrogens is 214 g/mol. The van der Waals surface area contributed by atoms with Crippen LogP contribution in [0.25, 0.3) is 0 Å². The quantitative estimate of drug-likeness (QED) is 0.734. The molecule has 0 bridgehead atoms. The molecule has 1 heterocycles. The van der Waals surface area contributed by atoms with E-state index in [-0.39, 0.29) is 0 Å². The van der Waals surface area contributed by atoms with Crippen LogP contribution in [0.5, 0.6) is 0 Å². The van der Waals surface area contributed by atoms with Gasteiger partial charge >= 0.3 is 0 Å². The molecular formula is C14H23NS. The van der Waals surface area contributed by atoms with E-state index >= 15 is 0 Å². The van der Waals surface area contributed by atoms with Crippen molar-refractivity contribution in [1.29, 1.82) is 0 Å². The summed E-state index contributed by atoms with van der Waals surface area (Å²) in [5, 5.41) is 3.68. The van der Waals surface area contributed by atoms with Crippen LogP contribution in [0.3, 0.4) is 0 Å². The van der Waals surface area contributed by atoms with E-state index < -0.39 is 0 Å². The van der Waals surface area contributed by atoms with Crippen LogP contribution < -0.4 is 4.90 Å². The second kappa shape index (κ2) is 5.72. The fourth-order valence-electron chi connectivity index (χ4n) is 2.73. The third kappa shape index (κ3) is 2.60. The van der Waals surface area contributed by atoms with Crippen LogP contribution in [-0.4, -0.2) is 12.1 Å². The Morgan fingerprint density at radius 3 is 2.69 bits per heavy atom. The maximum Gasteiger partial charge on any atom is 0.0913 e. The molecule has 1 aliphatic rings. The third-order valence-corrected chi connectivity index (χ3v) is 4.68. The maximum atomic E-state index is 2.68. The van der Waals surface area contributed by atoms with E-state index in [1.165, 1.54) is 43.5 Å². The number of anilines is 1. The Balaban J connectivity index is 2.13. The highest BCUT2D eigenvalue weighted by molar-refractivity contribution is 7.14. The van der Waals surface area contributed by atoms with Gasteiger partial charge in [0.05, 0.1) is 5.00 Å². The van der Waals surface area contributed by atoms with Gasteiger partial charge in [0, 0.05) is 12.1 Å². The van der Waals surface area contributed by atoms with Crippen molar-refractivity contribution in [2.45, 2.75) is 64.5 Å². The van der Waals surface area contributed by atoms with Crippen LogP contribution in [0.1, 0.15) is 52.4 Å². The molecule has 2 rings (SSSR count). The summed E-state index contributed by atoms with van der Waals surface area (Å²) in [4.78, 5) is 2.68. The minimum absolute atomic E-state index is 0.682. The first-order chi connectivity index (χ1) is 7.83. The van der Waals surface area contributed by atoms with Gasteiger partial charge in [-0.2, -0.15) is 0 Å². The molecule has 1 nitrogen and oxygen atoms in total. The fraction of sp³-hybridized carbons (Fsp3) is 0.714. The summed E-state index contributed by atoms with van der Waals surface area (Å²) in [5.74, 6) is 0. The zero-order valence-electron chi connectivity index (χ0n) is 10.5. The number of thiophene rings is 1. The van der Waals surface area contributed by atoms with Crippen molar-refractivity contribution in [3.05, 3.63) is 17.5 Å². The van der Waals surface area contributed by atoms with Crippen molar-refractivity contribution >= 4 is 16.3 Å². The smallest absolute Gasteiger partial charge is 0.0913 e. The molecule has 90 valence electrons. The molecule has 1 aliphatic carbocycles. The molecule has 0 amide bonds. The number of hydrogen-bond acceptors (Lipinski definition) is 2. The highest BCUT2D eigenvalue weighted by Crippen LogP contribution is 2.32. The molecule has 16 heavy (non-hydrogen) atoms. The first-order valence-electron chi connectivity index (χ1n) is 6.64. The molecule has 1 fully saturated rings. The van der Waals surface area contributed by atoms with Crippen LogP contribution >= 0.6 is 11.3 Å². The summed E-state index contributed by atoms with van der Waals surface area (Å²) in [7, 11) is 0. The lowest BCUT2D eigenvalue weighted by Crippen LogP contribution is -2.42. The van der Waals surface area contributed by atoms with Gasteiger partial charge in [-0.15, -0.1) is 11.3 Å². The molecule has 0 spiro atoms. The molecule has 1 unspecified atom stereocenters. The minimum atomic E-state index is 0.682. The largest absolute Gasteiger partial charge is 0.358 e. The summed E-state index contributed by atoms with van der Waals surface area (Å²) in [6.07, 6.45) is 8.31. The van der Waals surface area contributed by atoms with Gasteiger partial charge in [0.1, 0.15) is 0 Å². The SMILES string of the molecule is CCC(C)N(c1cccs1)C1CCCCC1. The van der Waals surface area contributed by atoms with Crippen molar-refractivity contribution < 1.29 is 0 Å². The first-order valence-corrected chi connectivity index (χ1v) is 7.52. The Morgan fingerprint density at radius 1 is 1.38 bits per heavy atom. The van der Waals surface area contributed by atoms with E-state index in [1.54, 1.807) is 0 Å². The van der Waals surface area contributed by atoms with Crippen molar-refractivity contribution in [3.8, 4) is 0 Å². The molecule has 0 radical (unpaired) electrons. The Labute approximate surface area is 103 Å². The third-order valence-electron chi connectivity index (χ3n) is 3.79. The lowest BCUT2D eigenvalue weighted by atomic mass is 9.93. The van der Waals surface area contributed by atoms with E-state index in [4.69, 9.17) is 0 Å². The fourth-order valence-corrected chi connectivity index (χ4v) is 3.63. The second-order valence-electron chi connectivity index (χ2n) is 4.91. The van der Waals surface area contributed by atoms with E-state index in [9.17, 15) is 0 Å². The van der Waals surface area contributed by atoms with Gasteiger partial charge in [-0.25, -0.2) is 0 Å². The minimum Gasteiger partial charge on any atom is -0.358 e. The van der Waals surface area contributed by atoms with Crippen LogP contribution in [0, 0.1) is 0 Å². The Kier molecular flexibility index (Phi) is 4.28. The zero-order valence-corrected chi connectivity index (χ0v) is 11.3. The monoisotopic (exact) mass is 237 g/mol. The van der Waals surface area contributed by atoms with Crippen molar-refractivity contribution in [2.24, 2.45) is 0 Å². The molecule has 0 aromatic carbocycles. The predicted molar refractivity (Wildman–Crippen MR) is 73.4 cm³/mol. The van der Waals surface area contributed by atoms with Gasteiger partial charge in [0.25, 0.3) is 0 Å². The zero-order chi connectivity index (χ0) is 11.4. The molecule has 1 saturated carbocycles. The van der Waals surface area contributed by atoms with Crippen LogP contribution in [0.2, 0.25) is 0 Å². The van der Waals surface area contributed by atoms with Crippen molar-refractivity contribution in [3.63, 3.8) is 0 Å².